The highest BCUT2D eigenvalue weighted by atomic mass is 16.6. The van der Waals surface area contributed by atoms with Gasteiger partial charge in [0.1, 0.15) is 5.60 Å². The Balaban J connectivity index is 1.61. The molecule has 2 heterocycles. The molecule has 0 aromatic heterocycles. The van der Waals surface area contributed by atoms with E-state index in [1.165, 1.54) is 0 Å². The highest BCUT2D eigenvalue weighted by molar-refractivity contribution is 5.98. The second kappa shape index (κ2) is 7.46. The van der Waals surface area contributed by atoms with E-state index in [0.717, 1.165) is 0 Å². The molecule has 0 radical (unpaired) electrons. The van der Waals surface area contributed by atoms with E-state index in [4.69, 9.17) is 4.74 Å². The summed E-state index contributed by atoms with van der Waals surface area (Å²) in [6, 6.07) is 6.95. The lowest BCUT2D eigenvalue weighted by Gasteiger charge is -2.35. The van der Waals surface area contributed by atoms with E-state index < -0.39 is 5.60 Å². The Morgan fingerprint density at radius 3 is 2.30 bits per heavy atom. The molecule has 1 aromatic carbocycles. The second-order valence-corrected chi connectivity index (χ2v) is 7.69. The van der Waals surface area contributed by atoms with E-state index in [9.17, 15) is 14.4 Å². The first kappa shape index (κ1) is 19.0. The molecule has 1 aromatic rings. The van der Waals surface area contributed by atoms with E-state index in [-0.39, 0.29) is 18.0 Å². The van der Waals surface area contributed by atoms with Crippen molar-refractivity contribution in [1.82, 2.24) is 15.1 Å². The zero-order valence-electron chi connectivity index (χ0n) is 16.0. The molecule has 3 rings (SSSR count). The van der Waals surface area contributed by atoms with Crippen molar-refractivity contribution in [2.24, 2.45) is 0 Å². The Morgan fingerprint density at radius 1 is 1.04 bits per heavy atom. The number of carbonyl (C=O) groups excluding carboxylic acids is 3. The van der Waals surface area contributed by atoms with Gasteiger partial charge >= 0.3 is 12.1 Å². The van der Waals surface area contributed by atoms with Crippen molar-refractivity contribution in [2.45, 2.75) is 26.4 Å². The van der Waals surface area contributed by atoms with Crippen LogP contribution in [0, 0.1) is 0 Å². The van der Waals surface area contributed by atoms with Gasteiger partial charge in [-0.2, -0.15) is 0 Å². The molecule has 2 aliphatic rings. The summed E-state index contributed by atoms with van der Waals surface area (Å²) in [5.74, 6) is -0.0970. The molecule has 146 valence electrons. The summed E-state index contributed by atoms with van der Waals surface area (Å²) in [7, 11) is 0. The largest absolute Gasteiger partial charge is 0.444 e. The lowest BCUT2D eigenvalue weighted by atomic mass is 10.1. The molecule has 2 saturated heterocycles. The number of nitrogens with zero attached hydrogens (tertiary/aromatic N) is 3. The van der Waals surface area contributed by atoms with E-state index in [0.29, 0.717) is 50.5 Å². The van der Waals surface area contributed by atoms with Crippen molar-refractivity contribution < 1.29 is 19.1 Å². The first-order valence-electron chi connectivity index (χ1n) is 9.17. The van der Waals surface area contributed by atoms with Crippen LogP contribution in [0.3, 0.4) is 0 Å². The molecule has 0 spiro atoms. The van der Waals surface area contributed by atoms with Gasteiger partial charge in [0.25, 0.3) is 5.91 Å². The van der Waals surface area contributed by atoms with E-state index in [1.54, 1.807) is 32.9 Å². The molecule has 8 nitrogen and oxygen atoms in total. The number of rotatable bonds is 2. The quantitative estimate of drug-likeness (QED) is 0.857. The van der Waals surface area contributed by atoms with Gasteiger partial charge in [0.05, 0.1) is 0 Å². The van der Waals surface area contributed by atoms with Crippen LogP contribution in [-0.4, -0.2) is 72.7 Å². The van der Waals surface area contributed by atoms with Crippen molar-refractivity contribution >= 4 is 23.7 Å². The summed E-state index contributed by atoms with van der Waals surface area (Å²) in [6.07, 6.45) is -0.350. The van der Waals surface area contributed by atoms with Gasteiger partial charge in [-0.3, -0.25) is 9.69 Å². The number of carbonyl (C=O) groups is 3. The first-order valence-corrected chi connectivity index (χ1v) is 9.17. The molecule has 0 unspecified atom stereocenters. The summed E-state index contributed by atoms with van der Waals surface area (Å²) < 4.78 is 5.38. The SMILES string of the molecule is CC(C)(C)OC(=O)N1CCN(C(=O)c2cccc(N3CCNC3=O)c2)CC1. The summed E-state index contributed by atoms with van der Waals surface area (Å²) >= 11 is 0. The molecular weight excluding hydrogens is 348 g/mol. The minimum absolute atomic E-state index is 0.0970. The average molecular weight is 374 g/mol. The zero-order valence-corrected chi connectivity index (χ0v) is 16.0. The third kappa shape index (κ3) is 4.50. The predicted molar refractivity (Wildman–Crippen MR) is 101 cm³/mol. The summed E-state index contributed by atoms with van der Waals surface area (Å²) in [5.41, 5.74) is 0.716. The number of hydrogen-bond acceptors (Lipinski definition) is 4. The Morgan fingerprint density at radius 2 is 1.70 bits per heavy atom. The van der Waals surface area contributed by atoms with Crippen LogP contribution in [0.4, 0.5) is 15.3 Å². The summed E-state index contributed by atoms with van der Waals surface area (Å²) in [4.78, 5) is 41.8. The number of nitrogens with one attached hydrogen (secondary N) is 1. The van der Waals surface area contributed by atoms with Crippen molar-refractivity contribution in [3.8, 4) is 0 Å². The van der Waals surface area contributed by atoms with Gasteiger partial charge in [-0.1, -0.05) is 6.07 Å². The van der Waals surface area contributed by atoms with Crippen molar-refractivity contribution in [3.05, 3.63) is 29.8 Å². The van der Waals surface area contributed by atoms with Gasteiger partial charge in [0.2, 0.25) is 0 Å². The van der Waals surface area contributed by atoms with E-state index >= 15 is 0 Å². The predicted octanol–water partition coefficient (Wildman–Crippen LogP) is 1.91. The maximum atomic E-state index is 12.8. The molecule has 8 heteroatoms. The third-order valence-corrected chi connectivity index (χ3v) is 4.48. The number of anilines is 1. The van der Waals surface area contributed by atoms with E-state index in [1.807, 2.05) is 26.8 Å². The van der Waals surface area contributed by atoms with Gasteiger partial charge in [-0.25, -0.2) is 9.59 Å². The molecule has 0 atom stereocenters. The Hall–Kier alpha value is -2.77. The van der Waals surface area contributed by atoms with Gasteiger partial charge in [-0.05, 0) is 39.0 Å². The van der Waals surface area contributed by atoms with Gasteiger partial charge in [0.15, 0.2) is 0 Å². The van der Waals surface area contributed by atoms with Gasteiger partial charge < -0.3 is 19.9 Å². The van der Waals surface area contributed by atoms with Crippen LogP contribution in [0.5, 0.6) is 0 Å². The number of benzene rings is 1. The lowest BCUT2D eigenvalue weighted by molar-refractivity contribution is 0.0141. The minimum atomic E-state index is -0.535. The minimum Gasteiger partial charge on any atom is -0.444 e. The van der Waals surface area contributed by atoms with Crippen molar-refractivity contribution in [3.63, 3.8) is 0 Å². The summed E-state index contributed by atoms with van der Waals surface area (Å²) in [6.45, 7) is 8.46. The monoisotopic (exact) mass is 374 g/mol. The Kier molecular flexibility index (Phi) is 5.25. The fourth-order valence-corrected chi connectivity index (χ4v) is 3.13. The van der Waals surface area contributed by atoms with Crippen LogP contribution < -0.4 is 10.2 Å². The fraction of sp³-hybridized carbons (Fsp3) is 0.526. The number of hydrogen-bond donors (Lipinski definition) is 1. The molecule has 0 aliphatic carbocycles. The van der Waals surface area contributed by atoms with E-state index in [2.05, 4.69) is 5.32 Å². The molecule has 4 amide bonds. The zero-order chi connectivity index (χ0) is 19.6. The lowest BCUT2D eigenvalue weighted by Crippen LogP contribution is -2.51. The topological polar surface area (TPSA) is 82.2 Å². The van der Waals surface area contributed by atoms with Crippen LogP contribution in [0.25, 0.3) is 0 Å². The average Bonchev–Trinajstić information content (AvgIpc) is 3.06. The number of amides is 4. The highest BCUT2D eigenvalue weighted by Gasteiger charge is 2.28. The van der Waals surface area contributed by atoms with Crippen molar-refractivity contribution in [2.75, 3.05) is 44.2 Å². The molecule has 2 aliphatic heterocycles. The fourth-order valence-electron chi connectivity index (χ4n) is 3.13. The molecule has 2 fully saturated rings. The third-order valence-electron chi connectivity index (χ3n) is 4.48. The normalized spacial score (nSPS) is 17.7. The molecule has 0 bridgehead atoms. The van der Waals surface area contributed by atoms with Gasteiger partial charge in [-0.15, -0.1) is 0 Å². The second-order valence-electron chi connectivity index (χ2n) is 7.69. The van der Waals surface area contributed by atoms with Crippen molar-refractivity contribution in [1.29, 1.82) is 0 Å². The molecule has 0 saturated carbocycles. The number of ether oxygens (including phenoxy) is 1. The first-order chi connectivity index (χ1) is 12.7. The Bertz CT molecular complexity index is 735. The molecular formula is C19H26N4O4. The van der Waals surface area contributed by atoms with Crippen LogP contribution in [0.2, 0.25) is 0 Å². The van der Waals surface area contributed by atoms with Crippen LogP contribution in [0.15, 0.2) is 24.3 Å². The van der Waals surface area contributed by atoms with Gasteiger partial charge in [0, 0.05) is 50.5 Å². The Labute approximate surface area is 159 Å². The number of urea groups is 1. The maximum Gasteiger partial charge on any atom is 0.410 e. The van der Waals surface area contributed by atoms with Crippen LogP contribution in [-0.2, 0) is 4.74 Å². The van der Waals surface area contributed by atoms with Crippen LogP contribution >= 0.6 is 0 Å². The maximum absolute atomic E-state index is 12.8. The standard InChI is InChI=1S/C19H26N4O4/c1-19(2,3)27-18(26)22-11-9-21(10-12-22)16(24)14-5-4-6-15(13-14)23-8-7-20-17(23)25/h4-6,13H,7-12H2,1-3H3,(H,20,25). The highest BCUT2D eigenvalue weighted by Crippen LogP contribution is 2.20. The van der Waals surface area contributed by atoms with Crippen LogP contribution in [0.1, 0.15) is 31.1 Å². The molecule has 1 N–H and O–H groups in total. The smallest absolute Gasteiger partial charge is 0.410 e. The molecule has 27 heavy (non-hydrogen) atoms. The number of piperazine rings is 1. The summed E-state index contributed by atoms with van der Waals surface area (Å²) in [5, 5.41) is 2.75.